The maximum atomic E-state index is 10.2. The minimum atomic E-state index is -0.256. The quantitative estimate of drug-likeness (QED) is 0.613. The van der Waals surface area contributed by atoms with Crippen LogP contribution in [0.4, 0.5) is 0 Å². The lowest BCUT2D eigenvalue weighted by atomic mass is 10.1. The molecular formula is C8H8O3. The number of phenols is 1. The largest absolute Gasteiger partial charge is 0.508 e. The van der Waals surface area contributed by atoms with Crippen LogP contribution in [-0.4, -0.2) is 16.5 Å². The van der Waals surface area contributed by atoms with Gasteiger partial charge < -0.3 is 10.2 Å². The van der Waals surface area contributed by atoms with Crippen LogP contribution in [0.1, 0.15) is 15.9 Å². The maximum absolute atomic E-state index is 10.2. The van der Waals surface area contributed by atoms with E-state index in [0.29, 0.717) is 17.4 Å². The lowest BCUT2D eigenvalue weighted by molar-refractivity contribution is 0.112. The summed E-state index contributed by atoms with van der Waals surface area (Å²) in [6.07, 6.45) is 0.665. The van der Waals surface area contributed by atoms with E-state index in [0.717, 1.165) is 0 Å². The average molecular weight is 152 g/mol. The Kier molecular flexibility index (Phi) is 2.23. The molecule has 1 aromatic carbocycles. The summed E-state index contributed by atoms with van der Waals surface area (Å²) in [5.41, 5.74) is 0.821. The molecule has 1 aromatic rings. The fourth-order valence-corrected chi connectivity index (χ4v) is 0.805. The minimum absolute atomic E-state index is 0.0121. The number of benzene rings is 1. The normalized spacial score (nSPS) is 9.55. The number of aliphatic hydroxyl groups is 1. The third-order valence-corrected chi connectivity index (χ3v) is 1.41. The zero-order valence-corrected chi connectivity index (χ0v) is 5.82. The van der Waals surface area contributed by atoms with Crippen molar-refractivity contribution in [1.29, 1.82) is 0 Å². The van der Waals surface area contributed by atoms with Gasteiger partial charge in [0, 0.05) is 11.1 Å². The molecule has 11 heavy (non-hydrogen) atoms. The molecule has 0 heterocycles. The van der Waals surface area contributed by atoms with E-state index < -0.39 is 0 Å². The van der Waals surface area contributed by atoms with Gasteiger partial charge in [0.15, 0.2) is 0 Å². The Morgan fingerprint density at radius 3 is 2.73 bits per heavy atom. The number of carbonyl (C=O) groups is 1. The summed E-state index contributed by atoms with van der Waals surface area (Å²) in [6.45, 7) is -0.256. The first kappa shape index (κ1) is 7.75. The van der Waals surface area contributed by atoms with Crippen molar-refractivity contribution in [3.63, 3.8) is 0 Å². The molecule has 0 spiro atoms. The first-order chi connectivity index (χ1) is 5.27. The molecule has 0 unspecified atom stereocenters. The second kappa shape index (κ2) is 3.16. The lowest BCUT2D eigenvalue weighted by Crippen LogP contribution is -1.87. The Morgan fingerprint density at radius 1 is 1.45 bits per heavy atom. The van der Waals surface area contributed by atoms with E-state index in [1.165, 1.54) is 18.2 Å². The van der Waals surface area contributed by atoms with Crippen LogP contribution in [0.15, 0.2) is 18.2 Å². The summed E-state index contributed by atoms with van der Waals surface area (Å²) >= 11 is 0. The van der Waals surface area contributed by atoms with Crippen molar-refractivity contribution in [3.8, 4) is 5.75 Å². The van der Waals surface area contributed by atoms with E-state index in [2.05, 4.69) is 0 Å². The van der Waals surface area contributed by atoms with Crippen LogP contribution < -0.4 is 0 Å². The molecule has 0 aromatic heterocycles. The Hall–Kier alpha value is -1.35. The number of carbonyl (C=O) groups excluding carboxylic acids is 1. The zero-order chi connectivity index (χ0) is 8.27. The van der Waals surface area contributed by atoms with Gasteiger partial charge in [-0.15, -0.1) is 0 Å². The fourth-order valence-electron chi connectivity index (χ4n) is 0.805. The molecule has 0 aliphatic carbocycles. The van der Waals surface area contributed by atoms with E-state index in [1.54, 1.807) is 0 Å². The second-order valence-corrected chi connectivity index (χ2v) is 2.16. The summed E-state index contributed by atoms with van der Waals surface area (Å²) in [4.78, 5) is 10.2. The molecule has 0 radical (unpaired) electrons. The first-order valence-corrected chi connectivity index (χ1v) is 3.16. The molecular weight excluding hydrogens is 144 g/mol. The fraction of sp³-hybridized carbons (Fsp3) is 0.125. The van der Waals surface area contributed by atoms with Gasteiger partial charge in [-0.25, -0.2) is 0 Å². The molecule has 0 fully saturated rings. The third kappa shape index (κ3) is 1.56. The predicted octanol–water partition coefficient (Wildman–Crippen LogP) is 0.697. The molecule has 58 valence electrons. The van der Waals surface area contributed by atoms with Crippen LogP contribution in [-0.2, 0) is 6.61 Å². The summed E-state index contributed by atoms with van der Waals surface area (Å²) in [7, 11) is 0. The van der Waals surface area contributed by atoms with E-state index in [1.807, 2.05) is 0 Å². The van der Waals surface area contributed by atoms with Gasteiger partial charge in [0.25, 0.3) is 0 Å². The molecule has 3 nitrogen and oxygen atoms in total. The van der Waals surface area contributed by atoms with Gasteiger partial charge in [-0.1, -0.05) is 0 Å². The van der Waals surface area contributed by atoms with Gasteiger partial charge in [0.2, 0.25) is 0 Å². The van der Waals surface area contributed by atoms with E-state index >= 15 is 0 Å². The van der Waals surface area contributed by atoms with Crippen molar-refractivity contribution in [2.75, 3.05) is 0 Å². The highest BCUT2D eigenvalue weighted by Gasteiger charge is 1.99. The molecule has 0 atom stereocenters. The van der Waals surface area contributed by atoms with Gasteiger partial charge in [0.1, 0.15) is 12.0 Å². The summed E-state index contributed by atoms with van der Waals surface area (Å²) in [5, 5.41) is 17.7. The maximum Gasteiger partial charge on any atom is 0.150 e. The van der Waals surface area contributed by atoms with Crippen LogP contribution in [0.25, 0.3) is 0 Å². The minimum Gasteiger partial charge on any atom is -0.508 e. The number of aldehydes is 1. The van der Waals surface area contributed by atoms with Crippen molar-refractivity contribution in [3.05, 3.63) is 29.3 Å². The molecule has 0 bridgehead atoms. The number of aromatic hydroxyl groups is 1. The highest BCUT2D eigenvalue weighted by Crippen LogP contribution is 2.16. The van der Waals surface area contributed by atoms with Crippen molar-refractivity contribution in [2.45, 2.75) is 6.61 Å². The lowest BCUT2D eigenvalue weighted by Gasteiger charge is -1.99. The van der Waals surface area contributed by atoms with Crippen molar-refractivity contribution in [1.82, 2.24) is 0 Å². The van der Waals surface area contributed by atoms with Crippen LogP contribution in [0, 0.1) is 0 Å². The summed E-state index contributed by atoms with van der Waals surface area (Å²) in [5.74, 6) is 0.0121. The zero-order valence-electron chi connectivity index (χ0n) is 5.82. The smallest absolute Gasteiger partial charge is 0.150 e. The average Bonchev–Trinajstić information content (AvgIpc) is 2.05. The Bertz CT molecular complexity index is 268. The van der Waals surface area contributed by atoms with Gasteiger partial charge in [-0.3, -0.25) is 4.79 Å². The van der Waals surface area contributed by atoms with Crippen LogP contribution in [0.3, 0.4) is 0 Å². The van der Waals surface area contributed by atoms with Crippen LogP contribution in [0.5, 0.6) is 5.75 Å². The molecule has 3 heteroatoms. The number of hydrogen-bond donors (Lipinski definition) is 2. The third-order valence-electron chi connectivity index (χ3n) is 1.41. The van der Waals surface area contributed by atoms with E-state index in [9.17, 15) is 4.79 Å². The molecule has 0 saturated heterocycles. The predicted molar refractivity (Wildman–Crippen MR) is 39.4 cm³/mol. The Balaban J connectivity index is 3.12. The first-order valence-electron chi connectivity index (χ1n) is 3.16. The van der Waals surface area contributed by atoms with Crippen molar-refractivity contribution < 1.29 is 15.0 Å². The molecule has 0 aliphatic heterocycles. The molecule has 0 saturated carbocycles. The molecule has 0 amide bonds. The van der Waals surface area contributed by atoms with E-state index in [-0.39, 0.29) is 12.4 Å². The van der Waals surface area contributed by atoms with E-state index in [4.69, 9.17) is 10.2 Å². The van der Waals surface area contributed by atoms with Crippen molar-refractivity contribution in [2.24, 2.45) is 0 Å². The highest BCUT2D eigenvalue weighted by atomic mass is 16.3. The van der Waals surface area contributed by atoms with Gasteiger partial charge in [0.05, 0.1) is 6.61 Å². The van der Waals surface area contributed by atoms with Crippen molar-refractivity contribution >= 4 is 6.29 Å². The standard InChI is InChI=1S/C8H8O3/c9-4-6-1-2-8(11)7(3-6)5-10/h1-4,10-11H,5H2. The highest BCUT2D eigenvalue weighted by molar-refractivity contribution is 5.75. The number of rotatable bonds is 2. The number of hydrogen-bond acceptors (Lipinski definition) is 3. The summed E-state index contributed by atoms with van der Waals surface area (Å²) < 4.78 is 0. The Labute approximate surface area is 63.9 Å². The van der Waals surface area contributed by atoms with Gasteiger partial charge in [-0.05, 0) is 18.2 Å². The SMILES string of the molecule is O=Cc1ccc(O)c(CO)c1. The second-order valence-electron chi connectivity index (χ2n) is 2.16. The molecule has 1 rings (SSSR count). The topological polar surface area (TPSA) is 57.5 Å². The molecule has 2 N–H and O–H groups in total. The van der Waals surface area contributed by atoms with Gasteiger partial charge >= 0.3 is 0 Å². The van der Waals surface area contributed by atoms with Gasteiger partial charge in [-0.2, -0.15) is 0 Å². The monoisotopic (exact) mass is 152 g/mol. The number of aliphatic hydroxyl groups excluding tert-OH is 1. The van der Waals surface area contributed by atoms with Crippen LogP contribution >= 0.6 is 0 Å². The van der Waals surface area contributed by atoms with Crippen LogP contribution in [0.2, 0.25) is 0 Å². The summed E-state index contributed by atoms with van der Waals surface area (Å²) in [6, 6.07) is 4.32. The Morgan fingerprint density at radius 2 is 2.18 bits per heavy atom. The molecule has 0 aliphatic rings.